The van der Waals surface area contributed by atoms with Gasteiger partial charge in [-0.05, 0) is 32.8 Å². The molecule has 3 heteroatoms. The fraction of sp³-hybridized carbons (Fsp3) is 0.438. The predicted molar refractivity (Wildman–Crippen MR) is 75.9 cm³/mol. The number of carbonyl (C=O) groups is 1. The topological polar surface area (TPSA) is 29.5 Å². The highest BCUT2D eigenvalue weighted by Gasteiger charge is 2.29. The highest BCUT2D eigenvalue weighted by molar-refractivity contribution is 5.69. The second kappa shape index (κ2) is 5.47. The minimum absolute atomic E-state index is 0.0704. The molecule has 1 aliphatic heterocycles. The van der Waals surface area contributed by atoms with E-state index in [1.54, 1.807) is 4.90 Å². The van der Waals surface area contributed by atoms with Crippen LogP contribution in [0.2, 0.25) is 0 Å². The molecule has 1 atom stereocenters. The summed E-state index contributed by atoms with van der Waals surface area (Å²) in [5, 5.41) is 0. The van der Waals surface area contributed by atoms with Crippen LogP contribution in [0.25, 0.3) is 0 Å². The molecule has 0 aromatic heterocycles. The third-order valence-corrected chi connectivity index (χ3v) is 3.02. The number of nitrogens with zero attached hydrogens (tertiary/aromatic N) is 1. The smallest absolute Gasteiger partial charge is 0.411 e. The molecule has 0 spiro atoms. The van der Waals surface area contributed by atoms with Crippen molar-refractivity contribution in [3.05, 3.63) is 48.0 Å². The van der Waals surface area contributed by atoms with Crippen LogP contribution in [0.1, 0.15) is 38.8 Å². The van der Waals surface area contributed by atoms with Gasteiger partial charge in [-0.3, -0.25) is 4.90 Å². The number of benzene rings is 1. The SMILES string of the molecule is CC(C)(C)OC(=O)N1CC=CC[C@H]1c1ccccc1. The van der Waals surface area contributed by atoms with Crippen molar-refractivity contribution in [1.82, 2.24) is 4.90 Å². The Hall–Kier alpha value is -1.77. The summed E-state index contributed by atoms with van der Waals surface area (Å²) in [5.41, 5.74) is 0.692. The van der Waals surface area contributed by atoms with Crippen LogP contribution in [0, 0.1) is 0 Å². The molecule has 0 aliphatic carbocycles. The molecule has 1 aromatic rings. The van der Waals surface area contributed by atoms with Crippen molar-refractivity contribution < 1.29 is 9.53 Å². The monoisotopic (exact) mass is 259 g/mol. The molecule has 1 amide bonds. The average Bonchev–Trinajstić information content (AvgIpc) is 2.38. The zero-order chi connectivity index (χ0) is 13.9. The summed E-state index contributed by atoms with van der Waals surface area (Å²) in [5.74, 6) is 0. The zero-order valence-electron chi connectivity index (χ0n) is 11.8. The Kier molecular flexibility index (Phi) is 3.93. The van der Waals surface area contributed by atoms with E-state index in [1.165, 1.54) is 0 Å². The van der Waals surface area contributed by atoms with Gasteiger partial charge >= 0.3 is 6.09 Å². The molecule has 0 fully saturated rings. The number of rotatable bonds is 1. The fourth-order valence-corrected chi connectivity index (χ4v) is 2.18. The minimum Gasteiger partial charge on any atom is -0.444 e. The van der Waals surface area contributed by atoms with Crippen molar-refractivity contribution in [3.63, 3.8) is 0 Å². The maximum absolute atomic E-state index is 12.3. The first-order valence-corrected chi connectivity index (χ1v) is 6.67. The van der Waals surface area contributed by atoms with E-state index in [2.05, 4.69) is 18.2 Å². The molecule has 0 N–H and O–H groups in total. The Labute approximate surface area is 114 Å². The summed E-state index contributed by atoms with van der Waals surface area (Å²) in [6.07, 6.45) is 4.73. The molecule has 1 aliphatic rings. The number of ether oxygens (including phenoxy) is 1. The molecular formula is C16H21NO2. The summed E-state index contributed by atoms with van der Waals surface area (Å²) < 4.78 is 5.48. The van der Waals surface area contributed by atoms with E-state index in [4.69, 9.17) is 4.74 Å². The van der Waals surface area contributed by atoms with E-state index < -0.39 is 5.60 Å². The lowest BCUT2D eigenvalue weighted by molar-refractivity contribution is 0.0176. The van der Waals surface area contributed by atoms with Crippen LogP contribution in [-0.4, -0.2) is 23.1 Å². The molecule has 1 aromatic carbocycles. The molecule has 1 heterocycles. The van der Waals surface area contributed by atoms with Gasteiger partial charge in [0.1, 0.15) is 5.60 Å². The van der Waals surface area contributed by atoms with E-state index >= 15 is 0 Å². The van der Waals surface area contributed by atoms with E-state index in [9.17, 15) is 4.79 Å². The number of amides is 1. The van der Waals surface area contributed by atoms with Crippen LogP contribution >= 0.6 is 0 Å². The van der Waals surface area contributed by atoms with Crippen molar-refractivity contribution in [1.29, 1.82) is 0 Å². The summed E-state index contributed by atoms with van der Waals surface area (Å²) in [6, 6.07) is 10.2. The zero-order valence-corrected chi connectivity index (χ0v) is 11.8. The van der Waals surface area contributed by atoms with Crippen LogP contribution in [0.15, 0.2) is 42.5 Å². The molecule has 2 rings (SSSR count). The lowest BCUT2D eigenvalue weighted by Crippen LogP contribution is -2.40. The van der Waals surface area contributed by atoms with Gasteiger partial charge in [-0.2, -0.15) is 0 Å². The van der Waals surface area contributed by atoms with Gasteiger partial charge in [0.15, 0.2) is 0 Å². The Morgan fingerprint density at radius 1 is 1.21 bits per heavy atom. The van der Waals surface area contributed by atoms with Crippen molar-refractivity contribution in [2.24, 2.45) is 0 Å². The first-order valence-electron chi connectivity index (χ1n) is 6.67. The van der Waals surface area contributed by atoms with E-state index in [0.717, 1.165) is 12.0 Å². The molecule has 0 unspecified atom stereocenters. The van der Waals surface area contributed by atoms with Crippen molar-refractivity contribution in [3.8, 4) is 0 Å². The molecular weight excluding hydrogens is 238 g/mol. The Bertz CT molecular complexity index is 459. The van der Waals surface area contributed by atoms with Gasteiger partial charge < -0.3 is 4.74 Å². The van der Waals surface area contributed by atoms with Crippen molar-refractivity contribution in [2.75, 3.05) is 6.54 Å². The molecule has 3 nitrogen and oxygen atoms in total. The molecule has 19 heavy (non-hydrogen) atoms. The molecule has 0 bridgehead atoms. The first-order chi connectivity index (χ1) is 8.97. The van der Waals surface area contributed by atoms with Gasteiger partial charge in [0.2, 0.25) is 0 Å². The summed E-state index contributed by atoms with van der Waals surface area (Å²) in [6.45, 7) is 6.28. The van der Waals surface area contributed by atoms with Crippen molar-refractivity contribution >= 4 is 6.09 Å². The lowest BCUT2D eigenvalue weighted by atomic mass is 9.99. The summed E-state index contributed by atoms with van der Waals surface area (Å²) in [4.78, 5) is 14.1. The first kappa shape index (κ1) is 13.7. The largest absolute Gasteiger partial charge is 0.444 e. The van der Waals surface area contributed by atoms with Gasteiger partial charge in [-0.1, -0.05) is 42.5 Å². The van der Waals surface area contributed by atoms with Gasteiger partial charge in [0, 0.05) is 6.54 Å². The second-order valence-electron chi connectivity index (χ2n) is 5.77. The molecule has 0 radical (unpaired) electrons. The van der Waals surface area contributed by atoms with E-state index in [0.29, 0.717) is 6.54 Å². The van der Waals surface area contributed by atoms with E-state index in [1.807, 2.05) is 45.0 Å². The van der Waals surface area contributed by atoms with Crippen molar-refractivity contribution in [2.45, 2.75) is 38.8 Å². The standard InChI is InChI=1S/C16H21NO2/c1-16(2,3)19-15(18)17-12-8-7-11-14(17)13-9-5-4-6-10-13/h4-10,14H,11-12H2,1-3H3/t14-/m0/s1. The lowest BCUT2D eigenvalue weighted by Gasteiger charge is -2.34. The van der Waals surface area contributed by atoms with Crippen LogP contribution in [-0.2, 0) is 4.74 Å². The number of carbonyl (C=O) groups excluding carboxylic acids is 1. The van der Waals surface area contributed by atoms with Crippen LogP contribution in [0.4, 0.5) is 4.79 Å². The number of hydrogen-bond acceptors (Lipinski definition) is 2. The van der Waals surface area contributed by atoms with Crippen LogP contribution < -0.4 is 0 Å². The third kappa shape index (κ3) is 3.60. The second-order valence-corrected chi connectivity index (χ2v) is 5.77. The summed E-state index contributed by atoms with van der Waals surface area (Å²) >= 11 is 0. The highest BCUT2D eigenvalue weighted by Crippen LogP contribution is 2.29. The van der Waals surface area contributed by atoms with Crippen LogP contribution in [0.3, 0.4) is 0 Å². The maximum atomic E-state index is 12.3. The minimum atomic E-state index is -0.459. The predicted octanol–water partition coefficient (Wildman–Crippen LogP) is 3.92. The van der Waals surface area contributed by atoms with E-state index in [-0.39, 0.29) is 12.1 Å². The molecule has 0 saturated carbocycles. The normalized spacial score (nSPS) is 19.3. The Morgan fingerprint density at radius 3 is 2.53 bits per heavy atom. The van der Waals surface area contributed by atoms with Gasteiger partial charge in [-0.15, -0.1) is 0 Å². The van der Waals surface area contributed by atoms with Gasteiger partial charge in [0.05, 0.1) is 6.04 Å². The Morgan fingerprint density at radius 2 is 1.89 bits per heavy atom. The quantitative estimate of drug-likeness (QED) is 0.715. The molecule has 0 saturated heterocycles. The number of hydrogen-bond donors (Lipinski definition) is 0. The molecule has 102 valence electrons. The van der Waals surface area contributed by atoms with Gasteiger partial charge in [-0.25, -0.2) is 4.79 Å². The average molecular weight is 259 g/mol. The summed E-state index contributed by atoms with van der Waals surface area (Å²) in [7, 11) is 0. The van der Waals surface area contributed by atoms with Crippen LogP contribution in [0.5, 0.6) is 0 Å². The fourth-order valence-electron chi connectivity index (χ4n) is 2.18. The third-order valence-electron chi connectivity index (χ3n) is 3.02. The highest BCUT2D eigenvalue weighted by atomic mass is 16.6. The Balaban J connectivity index is 2.18. The van der Waals surface area contributed by atoms with Gasteiger partial charge in [0.25, 0.3) is 0 Å². The maximum Gasteiger partial charge on any atom is 0.411 e.